The van der Waals surface area contributed by atoms with Crippen LogP contribution in [-0.4, -0.2) is 31.7 Å². The SMILES string of the molecule is C=CN=C(N)n1cnc(N=Nc2c(O)c(C(=O)Nc3ccccc3)cc3ccccc23)n1. The van der Waals surface area contributed by atoms with Gasteiger partial charge in [0.2, 0.25) is 5.96 Å². The Kier molecular flexibility index (Phi) is 5.66. The minimum Gasteiger partial charge on any atom is -0.505 e. The second-order valence-corrected chi connectivity index (χ2v) is 6.52. The van der Waals surface area contributed by atoms with Crippen molar-refractivity contribution in [1.29, 1.82) is 0 Å². The van der Waals surface area contributed by atoms with Crippen molar-refractivity contribution in [2.45, 2.75) is 0 Å². The number of amides is 1. The Morgan fingerprint density at radius 1 is 1.12 bits per heavy atom. The molecular formula is C22H18N8O2. The fourth-order valence-corrected chi connectivity index (χ4v) is 2.97. The summed E-state index contributed by atoms with van der Waals surface area (Å²) in [4.78, 5) is 20.6. The van der Waals surface area contributed by atoms with E-state index in [2.05, 4.69) is 37.2 Å². The van der Waals surface area contributed by atoms with Gasteiger partial charge in [0, 0.05) is 17.3 Å². The van der Waals surface area contributed by atoms with Crippen LogP contribution in [0.1, 0.15) is 10.4 Å². The molecule has 0 spiro atoms. The number of aromatic hydroxyl groups is 1. The first kappa shape index (κ1) is 20.4. The van der Waals surface area contributed by atoms with Gasteiger partial charge >= 0.3 is 0 Å². The number of carbonyl (C=O) groups is 1. The molecule has 3 aromatic carbocycles. The van der Waals surface area contributed by atoms with Crippen LogP contribution in [0.5, 0.6) is 5.75 Å². The zero-order valence-electron chi connectivity index (χ0n) is 16.8. The van der Waals surface area contributed by atoms with Crippen molar-refractivity contribution in [2.75, 3.05) is 5.32 Å². The topological polar surface area (TPSA) is 143 Å². The second kappa shape index (κ2) is 8.88. The first-order valence-electron chi connectivity index (χ1n) is 9.46. The third-order valence-electron chi connectivity index (χ3n) is 4.45. The largest absolute Gasteiger partial charge is 0.505 e. The van der Waals surface area contributed by atoms with E-state index in [4.69, 9.17) is 5.73 Å². The number of phenols is 1. The van der Waals surface area contributed by atoms with Gasteiger partial charge in [-0.05, 0) is 23.6 Å². The number of nitrogens with one attached hydrogen (secondary N) is 1. The number of aromatic nitrogens is 3. The minimum atomic E-state index is -0.480. The number of para-hydroxylation sites is 1. The lowest BCUT2D eigenvalue weighted by molar-refractivity contribution is 0.102. The summed E-state index contributed by atoms with van der Waals surface area (Å²) in [7, 11) is 0. The lowest BCUT2D eigenvalue weighted by Crippen LogP contribution is -2.22. The average molecular weight is 426 g/mol. The molecule has 0 radical (unpaired) electrons. The van der Waals surface area contributed by atoms with Crippen molar-refractivity contribution in [3.05, 3.63) is 85.3 Å². The summed E-state index contributed by atoms with van der Waals surface area (Å²) < 4.78 is 1.21. The van der Waals surface area contributed by atoms with Gasteiger partial charge in [-0.15, -0.1) is 15.3 Å². The molecule has 10 nitrogen and oxygen atoms in total. The number of hydrogen-bond donors (Lipinski definition) is 3. The van der Waals surface area contributed by atoms with Crippen molar-refractivity contribution in [3.63, 3.8) is 0 Å². The van der Waals surface area contributed by atoms with Crippen LogP contribution in [0.15, 0.2) is 95.0 Å². The van der Waals surface area contributed by atoms with Gasteiger partial charge in [-0.3, -0.25) is 4.79 Å². The van der Waals surface area contributed by atoms with Crippen LogP contribution in [0.25, 0.3) is 10.8 Å². The maximum absolute atomic E-state index is 12.8. The first-order chi connectivity index (χ1) is 15.6. The Hall–Kier alpha value is -4.86. The number of nitrogens with two attached hydrogens (primary N) is 1. The number of hydrogen-bond acceptors (Lipinski definition) is 7. The zero-order chi connectivity index (χ0) is 22.5. The van der Waals surface area contributed by atoms with Gasteiger partial charge in [-0.1, -0.05) is 49.0 Å². The number of carbonyl (C=O) groups excluding carboxylic acids is 1. The standard InChI is InChI=1S/C22H18N8O2/c1-2-24-21(23)30-13-25-22(29-30)28-27-18-16-11-7-6-8-14(16)12-17(19(18)31)20(32)26-15-9-4-3-5-10-15/h2-13,31H,1H2,(H2,23,24)(H,26,32). The Bertz CT molecular complexity index is 1360. The van der Waals surface area contributed by atoms with Crippen LogP contribution >= 0.6 is 0 Å². The molecule has 10 heteroatoms. The van der Waals surface area contributed by atoms with E-state index in [1.54, 1.807) is 42.5 Å². The Morgan fingerprint density at radius 2 is 1.88 bits per heavy atom. The number of azo groups is 1. The van der Waals surface area contributed by atoms with E-state index in [0.717, 1.165) is 0 Å². The molecule has 0 aliphatic carbocycles. The summed E-state index contributed by atoms with van der Waals surface area (Å²) in [6.07, 6.45) is 2.59. The molecule has 158 valence electrons. The van der Waals surface area contributed by atoms with E-state index in [0.29, 0.717) is 16.5 Å². The first-order valence-corrected chi connectivity index (χ1v) is 9.46. The molecule has 1 heterocycles. The molecule has 0 atom stereocenters. The van der Waals surface area contributed by atoms with Crippen LogP contribution in [-0.2, 0) is 0 Å². The molecule has 4 aromatic rings. The summed E-state index contributed by atoms with van der Waals surface area (Å²) in [5.74, 6) is -0.739. The van der Waals surface area contributed by atoms with Crippen molar-refractivity contribution >= 4 is 40.0 Å². The Balaban J connectivity index is 1.73. The number of nitrogens with zero attached hydrogens (tertiary/aromatic N) is 6. The Morgan fingerprint density at radius 3 is 2.66 bits per heavy atom. The number of fused-ring (bicyclic) bond motifs is 1. The highest BCUT2D eigenvalue weighted by Gasteiger charge is 2.18. The summed E-state index contributed by atoms with van der Waals surface area (Å²) in [5.41, 5.74) is 6.50. The van der Waals surface area contributed by atoms with Gasteiger partial charge in [-0.25, -0.2) is 4.99 Å². The third-order valence-corrected chi connectivity index (χ3v) is 4.45. The van der Waals surface area contributed by atoms with E-state index >= 15 is 0 Å². The quantitative estimate of drug-likeness (QED) is 0.250. The molecule has 4 N–H and O–H groups in total. The molecule has 0 saturated carbocycles. The molecule has 0 aliphatic heterocycles. The van der Waals surface area contributed by atoms with Crippen molar-refractivity contribution < 1.29 is 9.90 Å². The fourth-order valence-electron chi connectivity index (χ4n) is 2.97. The summed E-state index contributed by atoms with van der Waals surface area (Å²) >= 11 is 0. The van der Waals surface area contributed by atoms with Gasteiger partial charge < -0.3 is 16.2 Å². The summed E-state index contributed by atoms with van der Waals surface area (Å²) in [5, 5.41) is 27.1. The number of anilines is 1. The second-order valence-electron chi connectivity index (χ2n) is 6.52. The molecule has 0 fully saturated rings. The van der Waals surface area contributed by atoms with Gasteiger partial charge in [0.25, 0.3) is 11.9 Å². The number of rotatable bonds is 5. The lowest BCUT2D eigenvalue weighted by atomic mass is 10.0. The maximum atomic E-state index is 12.8. The van der Waals surface area contributed by atoms with E-state index in [9.17, 15) is 9.90 Å². The van der Waals surface area contributed by atoms with Crippen molar-refractivity contribution in [2.24, 2.45) is 21.0 Å². The van der Waals surface area contributed by atoms with E-state index < -0.39 is 5.91 Å². The highest BCUT2D eigenvalue weighted by molar-refractivity contribution is 6.11. The summed E-state index contributed by atoms with van der Waals surface area (Å²) in [6, 6.07) is 17.7. The predicted molar refractivity (Wildman–Crippen MR) is 121 cm³/mol. The summed E-state index contributed by atoms with van der Waals surface area (Å²) in [6.45, 7) is 3.46. The molecule has 4 rings (SSSR count). The monoisotopic (exact) mass is 426 g/mol. The Labute approximate surface area is 182 Å². The van der Waals surface area contributed by atoms with Crippen LogP contribution < -0.4 is 11.1 Å². The molecule has 0 bridgehead atoms. The van der Waals surface area contributed by atoms with Gasteiger partial charge in [0.15, 0.2) is 5.75 Å². The highest BCUT2D eigenvalue weighted by Crippen LogP contribution is 2.39. The molecular weight excluding hydrogens is 408 g/mol. The van der Waals surface area contributed by atoms with E-state index in [1.165, 1.54) is 17.2 Å². The number of phenolic OH excluding ortho intramolecular Hbond substituents is 1. The van der Waals surface area contributed by atoms with E-state index in [-0.39, 0.29) is 28.9 Å². The average Bonchev–Trinajstić information content (AvgIpc) is 3.28. The minimum absolute atomic E-state index is 0.00478. The van der Waals surface area contributed by atoms with Crippen LogP contribution in [0.4, 0.5) is 17.3 Å². The van der Waals surface area contributed by atoms with Crippen molar-refractivity contribution in [3.8, 4) is 5.75 Å². The fraction of sp³-hybridized carbons (Fsp3) is 0. The van der Waals surface area contributed by atoms with Gasteiger partial charge in [0.05, 0.1) is 5.56 Å². The molecule has 32 heavy (non-hydrogen) atoms. The predicted octanol–water partition coefficient (Wildman–Crippen LogP) is 4.11. The van der Waals surface area contributed by atoms with Crippen LogP contribution in [0.3, 0.4) is 0 Å². The smallest absolute Gasteiger partial charge is 0.287 e. The zero-order valence-corrected chi connectivity index (χ0v) is 16.8. The molecule has 0 aliphatic rings. The molecule has 1 amide bonds. The van der Waals surface area contributed by atoms with Gasteiger partial charge in [-0.2, -0.15) is 9.67 Å². The molecule has 1 aromatic heterocycles. The number of benzene rings is 3. The lowest BCUT2D eigenvalue weighted by Gasteiger charge is -2.11. The van der Waals surface area contributed by atoms with Gasteiger partial charge in [0.1, 0.15) is 12.0 Å². The van der Waals surface area contributed by atoms with Crippen LogP contribution in [0, 0.1) is 0 Å². The highest BCUT2D eigenvalue weighted by atomic mass is 16.3. The maximum Gasteiger partial charge on any atom is 0.287 e. The normalized spacial score (nSPS) is 11.7. The van der Waals surface area contributed by atoms with Crippen LogP contribution in [0.2, 0.25) is 0 Å². The molecule has 0 unspecified atom stereocenters. The van der Waals surface area contributed by atoms with E-state index in [1.807, 2.05) is 18.2 Å². The number of aliphatic imine (C=N–C) groups is 1. The van der Waals surface area contributed by atoms with Crippen molar-refractivity contribution in [1.82, 2.24) is 14.8 Å². The molecule has 0 saturated heterocycles. The third kappa shape index (κ3) is 4.19.